The summed E-state index contributed by atoms with van der Waals surface area (Å²) in [4.78, 5) is 12.9. The van der Waals surface area contributed by atoms with Crippen LogP contribution < -0.4 is 15.8 Å². The van der Waals surface area contributed by atoms with Gasteiger partial charge < -0.3 is 15.8 Å². The van der Waals surface area contributed by atoms with E-state index in [-0.39, 0.29) is 5.91 Å². The van der Waals surface area contributed by atoms with Gasteiger partial charge in [-0.3, -0.25) is 4.79 Å². The second-order valence-corrected chi connectivity index (χ2v) is 5.32. The van der Waals surface area contributed by atoms with Crippen molar-refractivity contribution in [2.24, 2.45) is 0 Å². The molecule has 0 heterocycles. The van der Waals surface area contributed by atoms with Crippen molar-refractivity contribution >= 4 is 29.0 Å². The van der Waals surface area contributed by atoms with E-state index in [0.29, 0.717) is 18.7 Å². The molecule has 0 unspecified atom stereocenters. The highest BCUT2D eigenvalue weighted by atomic mass is 32.2. The van der Waals surface area contributed by atoms with Gasteiger partial charge in [0.1, 0.15) is 5.75 Å². The van der Waals surface area contributed by atoms with Gasteiger partial charge in [-0.05, 0) is 54.8 Å². The van der Waals surface area contributed by atoms with E-state index in [4.69, 9.17) is 10.5 Å². The molecule has 4 nitrogen and oxygen atoms in total. The highest BCUT2D eigenvalue weighted by Crippen LogP contribution is 2.19. The number of carbonyl (C=O) groups excluding carboxylic acids is 1. The minimum absolute atomic E-state index is 0.0829. The van der Waals surface area contributed by atoms with Crippen LogP contribution in [-0.2, 0) is 4.79 Å². The molecule has 3 N–H and O–H groups in total. The average molecular weight is 302 g/mol. The number of hydrogen-bond acceptors (Lipinski definition) is 4. The lowest BCUT2D eigenvalue weighted by molar-refractivity contribution is -0.116. The van der Waals surface area contributed by atoms with Crippen molar-refractivity contribution in [1.29, 1.82) is 0 Å². The predicted octanol–water partition coefficient (Wildman–Crippen LogP) is 3.40. The first-order chi connectivity index (χ1) is 10.2. The zero-order valence-corrected chi connectivity index (χ0v) is 12.7. The van der Waals surface area contributed by atoms with E-state index < -0.39 is 0 Å². The van der Waals surface area contributed by atoms with Gasteiger partial charge in [-0.2, -0.15) is 0 Å². The summed E-state index contributed by atoms with van der Waals surface area (Å²) >= 11 is 1.68. The van der Waals surface area contributed by atoms with Crippen LogP contribution in [0.15, 0.2) is 53.4 Å². The fourth-order valence-corrected chi connectivity index (χ4v) is 2.13. The molecule has 2 rings (SSSR count). The smallest absolute Gasteiger partial charge is 0.227 e. The van der Waals surface area contributed by atoms with Crippen molar-refractivity contribution in [3.63, 3.8) is 0 Å². The molecule has 110 valence electrons. The topological polar surface area (TPSA) is 64.3 Å². The summed E-state index contributed by atoms with van der Waals surface area (Å²) in [6.07, 6.45) is 2.33. The van der Waals surface area contributed by atoms with E-state index in [2.05, 4.69) is 5.32 Å². The van der Waals surface area contributed by atoms with Crippen LogP contribution in [-0.4, -0.2) is 18.8 Å². The van der Waals surface area contributed by atoms with E-state index in [1.807, 2.05) is 30.5 Å². The van der Waals surface area contributed by atoms with E-state index in [1.54, 1.807) is 36.0 Å². The van der Waals surface area contributed by atoms with Gasteiger partial charge in [0, 0.05) is 16.3 Å². The van der Waals surface area contributed by atoms with Crippen molar-refractivity contribution < 1.29 is 9.53 Å². The zero-order valence-electron chi connectivity index (χ0n) is 11.8. The highest BCUT2D eigenvalue weighted by molar-refractivity contribution is 7.98. The molecular weight excluding hydrogens is 284 g/mol. The monoisotopic (exact) mass is 302 g/mol. The third-order valence-electron chi connectivity index (χ3n) is 2.85. The van der Waals surface area contributed by atoms with Gasteiger partial charge in [-0.1, -0.05) is 0 Å². The lowest BCUT2D eigenvalue weighted by atomic mass is 10.3. The molecule has 0 saturated carbocycles. The van der Waals surface area contributed by atoms with Gasteiger partial charge in [0.2, 0.25) is 5.91 Å². The average Bonchev–Trinajstić information content (AvgIpc) is 2.50. The number of nitrogens with two attached hydrogens (primary N) is 1. The summed E-state index contributed by atoms with van der Waals surface area (Å²) < 4.78 is 5.54. The van der Waals surface area contributed by atoms with Crippen LogP contribution in [0, 0.1) is 0 Å². The summed E-state index contributed by atoms with van der Waals surface area (Å²) in [6.45, 7) is 0.347. The first kappa shape index (κ1) is 15.3. The third kappa shape index (κ3) is 5.04. The summed E-state index contributed by atoms with van der Waals surface area (Å²) in [6, 6.07) is 14.8. The van der Waals surface area contributed by atoms with Crippen LogP contribution in [0.3, 0.4) is 0 Å². The molecule has 2 aromatic carbocycles. The molecule has 0 bridgehead atoms. The van der Waals surface area contributed by atoms with Crippen molar-refractivity contribution in [2.45, 2.75) is 11.3 Å². The van der Waals surface area contributed by atoms with Crippen molar-refractivity contribution in [3.05, 3.63) is 48.5 Å². The van der Waals surface area contributed by atoms with E-state index >= 15 is 0 Å². The number of ether oxygens (including phenoxy) is 1. The second-order valence-electron chi connectivity index (χ2n) is 4.44. The Morgan fingerprint density at radius 1 is 1.14 bits per heavy atom. The molecule has 0 aromatic heterocycles. The predicted molar refractivity (Wildman–Crippen MR) is 87.8 cm³/mol. The number of nitrogens with one attached hydrogen (secondary N) is 1. The molecular formula is C16H18N2O2S. The molecule has 0 radical (unpaired) electrons. The Labute approximate surface area is 128 Å². The van der Waals surface area contributed by atoms with Crippen LogP contribution in [0.2, 0.25) is 0 Å². The summed E-state index contributed by atoms with van der Waals surface area (Å²) in [5, 5.41) is 2.80. The van der Waals surface area contributed by atoms with Crippen LogP contribution >= 0.6 is 11.8 Å². The number of amides is 1. The van der Waals surface area contributed by atoms with Crippen LogP contribution in [0.5, 0.6) is 5.75 Å². The fourth-order valence-electron chi connectivity index (χ4n) is 1.72. The molecule has 0 saturated heterocycles. The Bertz CT molecular complexity index is 582. The Balaban J connectivity index is 1.74. The van der Waals surface area contributed by atoms with E-state index in [0.717, 1.165) is 11.4 Å². The number of hydrogen-bond donors (Lipinski definition) is 2. The van der Waals surface area contributed by atoms with Gasteiger partial charge in [0.05, 0.1) is 13.0 Å². The summed E-state index contributed by atoms with van der Waals surface area (Å²) in [5.74, 6) is 0.689. The Morgan fingerprint density at radius 2 is 1.81 bits per heavy atom. The standard InChI is InChI=1S/C16H18N2O2S/c1-21-15-8-6-14(7-9-15)20-11-10-16(19)18-13-4-2-12(17)3-5-13/h2-9H,10-11,17H2,1H3,(H,18,19). The number of thioether (sulfide) groups is 1. The van der Waals surface area contributed by atoms with Crippen molar-refractivity contribution in [3.8, 4) is 5.75 Å². The molecule has 5 heteroatoms. The lowest BCUT2D eigenvalue weighted by Crippen LogP contribution is -2.15. The number of nitrogen functional groups attached to an aromatic ring is 1. The zero-order chi connectivity index (χ0) is 15.1. The first-order valence-corrected chi connectivity index (χ1v) is 7.82. The van der Waals surface area contributed by atoms with E-state index in [1.165, 1.54) is 4.90 Å². The Kier molecular flexibility index (Phi) is 5.51. The molecule has 2 aromatic rings. The quantitative estimate of drug-likeness (QED) is 0.634. The molecule has 0 aliphatic rings. The summed E-state index contributed by atoms with van der Waals surface area (Å²) in [5.41, 5.74) is 6.99. The van der Waals surface area contributed by atoms with Gasteiger partial charge >= 0.3 is 0 Å². The maximum Gasteiger partial charge on any atom is 0.227 e. The van der Waals surface area contributed by atoms with Gasteiger partial charge in [-0.25, -0.2) is 0 Å². The van der Waals surface area contributed by atoms with Crippen molar-refractivity contribution in [2.75, 3.05) is 23.9 Å². The van der Waals surface area contributed by atoms with Gasteiger partial charge in [0.25, 0.3) is 0 Å². The Hall–Kier alpha value is -2.14. The number of benzene rings is 2. The number of rotatable bonds is 6. The summed E-state index contributed by atoms with van der Waals surface area (Å²) in [7, 11) is 0. The largest absolute Gasteiger partial charge is 0.493 e. The first-order valence-electron chi connectivity index (χ1n) is 6.59. The third-order valence-corrected chi connectivity index (χ3v) is 3.60. The van der Waals surface area contributed by atoms with Crippen LogP contribution in [0.1, 0.15) is 6.42 Å². The van der Waals surface area contributed by atoms with E-state index in [9.17, 15) is 4.79 Å². The molecule has 0 fully saturated rings. The van der Waals surface area contributed by atoms with Crippen LogP contribution in [0.4, 0.5) is 11.4 Å². The maximum absolute atomic E-state index is 11.8. The molecule has 0 aliphatic heterocycles. The second kappa shape index (κ2) is 7.59. The molecule has 0 atom stereocenters. The minimum atomic E-state index is -0.0829. The normalized spacial score (nSPS) is 10.1. The molecule has 0 aliphatic carbocycles. The fraction of sp³-hybridized carbons (Fsp3) is 0.188. The maximum atomic E-state index is 11.8. The number of carbonyl (C=O) groups is 1. The minimum Gasteiger partial charge on any atom is -0.493 e. The molecule has 0 spiro atoms. The molecule has 21 heavy (non-hydrogen) atoms. The molecule has 1 amide bonds. The Morgan fingerprint density at radius 3 is 2.43 bits per heavy atom. The van der Waals surface area contributed by atoms with Crippen LogP contribution in [0.25, 0.3) is 0 Å². The lowest BCUT2D eigenvalue weighted by Gasteiger charge is -2.08. The number of anilines is 2. The van der Waals surface area contributed by atoms with Gasteiger partial charge in [0.15, 0.2) is 0 Å². The SMILES string of the molecule is CSc1ccc(OCCC(=O)Nc2ccc(N)cc2)cc1. The highest BCUT2D eigenvalue weighted by Gasteiger charge is 2.03. The van der Waals surface area contributed by atoms with Crippen molar-refractivity contribution in [1.82, 2.24) is 0 Å². The van der Waals surface area contributed by atoms with Gasteiger partial charge in [-0.15, -0.1) is 11.8 Å².